The highest BCUT2D eigenvalue weighted by Gasteiger charge is 2.23. The molecule has 3 rings (SSSR count). The summed E-state index contributed by atoms with van der Waals surface area (Å²) in [6.07, 6.45) is 1.53. The summed E-state index contributed by atoms with van der Waals surface area (Å²) in [6, 6.07) is 13.9. The highest BCUT2D eigenvalue weighted by Crippen LogP contribution is 2.27. The fourth-order valence-corrected chi connectivity index (χ4v) is 4.31. The van der Waals surface area contributed by atoms with Crippen molar-refractivity contribution >= 4 is 26.9 Å². The topological polar surface area (TPSA) is 65.4 Å². The summed E-state index contributed by atoms with van der Waals surface area (Å²) in [4.78, 5) is 12.5. The zero-order valence-corrected chi connectivity index (χ0v) is 16.7. The number of esters is 1. The second-order valence-corrected chi connectivity index (χ2v) is 9.36. The number of aromatic nitrogens is 1. The lowest BCUT2D eigenvalue weighted by Crippen LogP contribution is -2.24. The number of benzene rings is 2. The number of fused-ring (bicyclic) bond motifs is 1. The minimum Gasteiger partial charge on any atom is -0.460 e. The van der Waals surface area contributed by atoms with Gasteiger partial charge >= 0.3 is 5.97 Å². The van der Waals surface area contributed by atoms with Gasteiger partial charge in [0.05, 0.1) is 16.8 Å². The van der Waals surface area contributed by atoms with Crippen molar-refractivity contribution in [2.45, 2.75) is 44.6 Å². The number of rotatable bonds is 4. The second-order valence-electron chi connectivity index (χ2n) is 7.55. The lowest BCUT2D eigenvalue weighted by Gasteiger charge is -2.19. The molecule has 0 amide bonds. The van der Waals surface area contributed by atoms with E-state index in [9.17, 15) is 13.2 Å². The number of ether oxygens (including phenoxy) is 1. The van der Waals surface area contributed by atoms with Gasteiger partial charge in [0.15, 0.2) is 0 Å². The maximum atomic E-state index is 13.1. The summed E-state index contributed by atoms with van der Waals surface area (Å²) in [6.45, 7) is 7.31. The average Bonchev–Trinajstić information content (AvgIpc) is 2.93. The molecular formula is C21H23NO4S. The van der Waals surface area contributed by atoms with Crippen molar-refractivity contribution in [2.75, 3.05) is 0 Å². The molecule has 5 nitrogen and oxygen atoms in total. The molecule has 0 saturated carbocycles. The molecule has 6 heteroatoms. The largest absolute Gasteiger partial charge is 0.460 e. The summed E-state index contributed by atoms with van der Waals surface area (Å²) < 4.78 is 32.9. The maximum Gasteiger partial charge on any atom is 0.310 e. The molecule has 1 aromatic heterocycles. The Hall–Kier alpha value is -2.60. The second kappa shape index (κ2) is 6.85. The lowest BCUT2D eigenvalue weighted by molar-refractivity contribution is -0.153. The molecule has 0 fully saturated rings. The smallest absolute Gasteiger partial charge is 0.310 e. The van der Waals surface area contributed by atoms with Gasteiger partial charge in [-0.05, 0) is 51.5 Å². The van der Waals surface area contributed by atoms with Gasteiger partial charge < -0.3 is 4.74 Å². The van der Waals surface area contributed by atoms with Crippen LogP contribution in [0.3, 0.4) is 0 Å². The van der Waals surface area contributed by atoms with Crippen molar-refractivity contribution < 1.29 is 17.9 Å². The van der Waals surface area contributed by atoms with Gasteiger partial charge in [0.2, 0.25) is 0 Å². The maximum absolute atomic E-state index is 13.1. The highest BCUT2D eigenvalue weighted by molar-refractivity contribution is 7.90. The third kappa shape index (κ3) is 4.06. The molecule has 27 heavy (non-hydrogen) atoms. The van der Waals surface area contributed by atoms with Gasteiger partial charge in [-0.15, -0.1) is 0 Å². The van der Waals surface area contributed by atoms with Crippen LogP contribution in [0, 0.1) is 6.92 Å². The quantitative estimate of drug-likeness (QED) is 0.635. The van der Waals surface area contributed by atoms with Crippen LogP contribution in [-0.4, -0.2) is 24.0 Å². The number of hydrogen-bond acceptors (Lipinski definition) is 4. The Morgan fingerprint density at radius 3 is 2.30 bits per heavy atom. The molecule has 0 radical (unpaired) electrons. The zero-order chi connectivity index (χ0) is 19.8. The minimum absolute atomic E-state index is 0.00814. The average molecular weight is 385 g/mol. The molecule has 0 spiro atoms. The first-order chi connectivity index (χ1) is 12.6. The summed E-state index contributed by atoms with van der Waals surface area (Å²) >= 11 is 0. The van der Waals surface area contributed by atoms with Crippen LogP contribution in [0.25, 0.3) is 10.9 Å². The Morgan fingerprint density at radius 1 is 1.04 bits per heavy atom. The summed E-state index contributed by atoms with van der Waals surface area (Å²) in [5.74, 6) is -0.391. The summed E-state index contributed by atoms with van der Waals surface area (Å²) in [5, 5.41) is 0.721. The molecule has 0 aliphatic carbocycles. The first-order valence-corrected chi connectivity index (χ1v) is 10.1. The van der Waals surface area contributed by atoms with Crippen LogP contribution in [0.5, 0.6) is 0 Å². The standard InChI is InChI=1S/C21H23NO4S/c1-15-9-11-17(12-10-15)27(24,25)22-14-16(13-20(23)26-21(2,3)4)18-7-5-6-8-19(18)22/h5-12,14H,13H2,1-4H3. The van der Waals surface area contributed by atoms with Crippen LogP contribution in [-0.2, 0) is 26.0 Å². The zero-order valence-electron chi connectivity index (χ0n) is 15.9. The van der Waals surface area contributed by atoms with E-state index in [1.54, 1.807) is 57.2 Å². The molecule has 0 N–H and O–H groups in total. The van der Waals surface area contributed by atoms with E-state index >= 15 is 0 Å². The molecule has 0 unspecified atom stereocenters. The minimum atomic E-state index is -3.77. The van der Waals surface area contributed by atoms with Gasteiger partial charge in [0.25, 0.3) is 10.0 Å². The molecule has 0 saturated heterocycles. The number of para-hydroxylation sites is 1. The lowest BCUT2D eigenvalue weighted by atomic mass is 10.1. The van der Waals surface area contributed by atoms with Crippen molar-refractivity contribution in [3.8, 4) is 0 Å². The summed E-state index contributed by atoms with van der Waals surface area (Å²) in [5.41, 5.74) is 1.55. The van der Waals surface area contributed by atoms with Gasteiger partial charge in [0.1, 0.15) is 5.60 Å². The van der Waals surface area contributed by atoms with Crippen molar-refractivity contribution in [3.05, 3.63) is 65.9 Å². The van der Waals surface area contributed by atoms with Gasteiger partial charge in [-0.1, -0.05) is 35.9 Å². The van der Waals surface area contributed by atoms with Crippen LogP contribution >= 0.6 is 0 Å². The van der Waals surface area contributed by atoms with E-state index in [1.807, 2.05) is 19.1 Å². The van der Waals surface area contributed by atoms with Crippen LogP contribution < -0.4 is 0 Å². The van der Waals surface area contributed by atoms with E-state index in [-0.39, 0.29) is 11.3 Å². The molecule has 3 aromatic rings. The number of carbonyl (C=O) groups excluding carboxylic acids is 1. The van der Waals surface area contributed by atoms with Crippen molar-refractivity contribution in [1.29, 1.82) is 0 Å². The van der Waals surface area contributed by atoms with E-state index in [4.69, 9.17) is 4.74 Å². The van der Waals surface area contributed by atoms with Crippen molar-refractivity contribution in [3.63, 3.8) is 0 Å². The summed E-state index contributed by atoms with van der Waals surface area (Å²) in [7, 11) is -3.77. The third-order valence-corrected chi connectivity index (χ3v) is 5.78. The first-order valence-electron chi connectivity index (χ1n) is 8.71. The van der Waals surface area contributed by atoms with E-state index in [2.05, 4.69) is 0 Å². The molecule has 0 aliphatic rings. The monoisotopic (exact) mass is 385 g/mol. The van der Waals surface area contributed by atoms with Crippen molar-refractivity contribution in [2.24, 2.45) is 0 Å². The van der Waals surface area contributed by atoms with Crippen LogP contribution in [0.4, 0.5) is 0 Å². The van der Waals surface area contributed by atoms with E-state index in [0.29, 0.717) is 11.1 Å². The van der Waals surface area contributed by atoms with Crippen LogP contribution in [0.15, 0.2) is 59.6 Å². The van der Waals surface area contributed by atoms with E-state index < -0.39 is 21.6 Å². The normalized spacial score (nSPS) is 12.3. The first kappa shape index (κ1) is 19.2. The van der Waals surface area contributed by atoms with Gasteiger partial charge in [-0.2, -0.15) is 0 Å². The molecule has 142 valence electrons. The molecule has 0 atom stereocenters. The molecule has 2 aromatic carbocycles. The van der Waals surface area contributed by atoms with Crippen LogP contribution in [0.2, 0.25) is 0 Å². The van der Waals surface area contributed by atoms with Gasteiger partial charge in [0, 0.05) is 11.6 Å². The SMILES string of the molecule is Cc1ccc(S(=O)(=O)n2cc(CC(=O)OC(C)(C)C)c3ccccc32)cc1. The number of nitrogens with zero attached hydrogens (tertiary/aromatic N) is 1. The Balaban J connectivity index is 2.07. The number of carbonyl (C=O) groups is 1. The van der Waals surface area contributed by atoms with Crippen LogP contribution in [0.1, 0.15) is 31.9 Å². The van der Waals surface area contributed by atoms with E-state index in [0.717, 1.165) is 10.9 Å². The molecule has 0 bridgehead atoms. The molecular weight excluding hydrogens is 362 g/mol. The van der Waals surface area contributed by atoms with Crippen molar-refractivity contribution in [1.82, 2.24) is 3.97 Å². The highest BCUT2D eigenvalue weighted by atomic mass is 32.2. The molecule has 0 aliphatic heterocycles. The number of hydrogen-bond donors (Lipinski definition) is 0. The Bertz CT molecular complexity index is 1090. The fourth-order valence-electron chi connectivity index (χ4n) is 2.91. The number of aryl methyl sites for hydroxylation is 1. The Kier molecular flexibility index (Phi) is 4.86. The predicted octanol–water partition coefficient (Wildman–Crippen LogP) is 4.07. The predicted molar refractivity (Wildman–Crippen MR) is 105 cm³/mol. The fraction of sp³-hybridized carbons (Fsp3) is 0.286. The Morgan fingerprint density at radius 2 is 1.67 bits per heavy atom. The van der Waals surface area contributed by atoms with E-state index in [1.165, 1.54) is 10.2 Å². The Labute approximate surface area is 159 Å². The third-order valence-electron chi connectivity index (χ3n) is 4.09. The molecule has 1 heterocycles. The van der Waals surface area contributed by atoms with Gasteiger partial charge in [-0.3, -0.25) is 4.79 Å². The van der Waals surface area contributed by atoms with Gasteiger partial charge in [-0.25, -0.2) is 12.4 Å².